The van der Waals surface area contributed by atoms with Crippen LogP contribution < -0.4 is 5.19 Å². The van der Waals surface area contributed by atoms with Crippen LogP contribution >= 0.6 is 0 Å². The van der Waals surface area contributed by atoms with Gasteiger partial charge in [-0.25, -0.2) is 4.85 Å². The summed E-state index contributed by atoms with van der Waals surface area (Å²) >= 11 is 0. The number of furan rings is 1. The summed E-state index contributed by atoms with van der Waals surface area (Å²) in [5, 5.41) is 3.14. The molecule has 0 bridgehead atoms. The third-order valence-electron chi connectivity index (χ3n) is 7.83. The monoisotopic (exact) mass is 458 g/mol. The van der Waals surface area contributed by atoms with Crippen molar-refractivity contribution in [2.24, 2.45) is 0 Å². The summed E-state index contributed by atoms with van der Waals surface area (Å²) in [7, 11) is -1.87. The maximum absolute atomic E-state index is 8.37. The van der Waals surface area contributed by atoms with Crippen LogP contribution in [0, 0.1) is 20.3 Å². The first-order valence-electron chi connectivity index (χ1n) is 14.2. The van der Waals surface area contributed by atoms with Crippen LogP contribution in [0.5, 0.6) is 0 Å². The average Bonchev–Trinajstić information content (AvgIpc) is 3.16. The van der Waals surface area contributed by atoms with Gasteiger partial charge in [-0.2, -0.15) is 0 Å². The van der Waals surface area contributed by atoms with E-state index in [4.69, 9.17) is 19.2 Å². The molecular weight excluding hydrogens is 420 g/mol. The van der Waals surface area contributed by atoms with E-state index in [0.29, 0.717) is 28.1 Å². The zero-order valence-electron chi connectivity index (χ0n) is 26.2. The Morgan fingerprint density at radius 2 is 1.76 bits per heavy atom. The summed E-state index contributed by atoms with van der Waals surface area (Å²) in [6, 6.07) is 7.82. The number of fused-ring (bicyclic) bond motifs is 6. The Bertz CT molecular complexity index is 1730. The molecule has 2 aromatic heterocycles. The average molecular weight is 459 g/mol. The van der Waals surface area contributed by atoms with Crippen molar-refractivity contribution in [2.75, 3.05) is 0 Å². The van der Waals surface area contributed by atoms with Crippen molar-refractivity contribution in [3.05, 3.63) is 64.1 Å². The Balaban J connectivity index is 1.97. The second kappa shape index (κ2) is 6.58. The van der Waals surface area contributed by atoms with E-state index >= 15 is 0 Å². The Hall–Kier alpha value is -2.90. The van der Waals surface area contributed by atoms with Gasteiger partial charge in [0, 0.05) is 36.2 Å². The first-order valence-corrected chi connectivity index (χ1v) is 14.7. The molecule has 0 saturated heterocycles. The lowest BCUT2D eigenvalue weighted by Crippen LogP contribution is -2.44. The van der Waals surface area contributed by atoms with Crippen LogP contribution in [0.15, 0.2) is 34.9 Å². The zero-order valence-corrected chi connectivity index (χ0v) is 21.2. The maximum atomic E-state index is 8.37. The van der Waals surface area contributed by atoms with Gasteiger partial charge in [-0.15, -0.1) is 0 Å². The van der Waals surface area contributed by atoms with E-state index < -0.39 is 32.6 Å². The highest BCUT2D eigenvalue weighted by Crippen LogP contribution is 2.55. The van der Waals surface area contributed by atoms with Crippen LogP contribution in [-0.4, -0.2) is 13.1 Å². The summed E-state index contributed by atoms with van der Waals surface area (Å²) in [4.78, 5) is 8.30. The third kappa shape index (κ3) is 2.82. The second-order valence-corrected chi connectivity index (χ2v) is 16.3. The van der Waals surface area contributed by atoms with Crippen molar-refractivity contribution in [3.63, 3.8) is 0 Å². The highest BCUT2D eigenvalue weighted by atomic mass is 28.3. The number of rotatable bonds is 1. The summed E-state index contributed by atoms with van der Waals surface area (Å²) in [6.45, 7) is 17.2. The van der Waals surface area contributed by atoms with Gasteiger partial charge >= 0.3 is 0 Å². The summed E-state index contributed by atoms with van der Waals surface area (Å²) < 4.78 is 55.7. The van der Waals surface area contributed by atoms with Crippen LogP contribution in [0.2, 0.25) is 19.6 Å². The van der Waals surface area contributed by atoms with Gasteiger partial charge in [0.2, 0.25) is 0 Å². The molecule has 33 heavy (non-hydrogen) atoms. The lowest BCUT2D eigenvalue weighted by atomic mass is 9.55. The molecule has 2 aromatic carbocycles. The Kier molecular flexibility index (Phi) is 3.16. The second-order valence-electron chi connectivity index (χ2n) is 11.2. The van der Waals surface area contributed by atoms with E-state index in [1.807, 2.05) is 26.0 Å². The molecule has 0 spiro atoms. The van der Waals surface area contributed by atoms with E-state index in [2.05, 4.69) is 49.4 Å². The van der Waals surface area contributed by atoms with Crippen molar-refractivity contribution in [1.82, 2.24) is 4.98 Å². The number of hydrogen-bond acceptors (Lipinski definition) is 2. The van der Waals surface area contributed by atoms with Crippen molar-refractivity contribution in [3.8, 4) is 11.3 Å². The molecule has 4 heteroatoms. The molecule has 0 amide bonds. The Morgan fingerprint density at radius 3 is 2.39 bits per heavy atom. The van der Waals surface area contributed by atoms with Crippen LogP contribution in [0.1, 0.15) is 58.2 Å². The molecule has 0 aliphatic heterocycles. The molecule has 0 radical (unpaired) electrons. The number of benzene rings is 2. The molecule has 0 N–H and O–H groups in total. The minimum Gasteiger partial charge on any atom is -0.457 e. The number of aromatic nitrogens is 1. The van der Waals surface area contributed by atoms with Gasteiger partial charge in [-0.05, 0) is 59.6 Å². The summed E-state index contributed by atoms with van der Waals surface area (Å²) in [6.07, 6.45) is 1.21. The SMILES string of the molecule is [2H]C([2H])([2H])c1cnc2c(c1C([2H])([2H])[2H])C(C)(C)C(C)(C)c1cc3c(cc1-2)oc1cc([N+]#[C-])cc([Si](C)(C)C)c13. The standard InChI is InChI=1S/C29H32N2OSi/c1-16-15-31-27-19-14-22-20(13-21(19)28(3,4)29(5,6)26(27)17(16)2)25-23(32-22)11-18(30-7)12-24(25)33(8,9)10/h11-15H,1-6,8-10H3/i1D3,2D3. The molecule has 2 heterocycles. The minimum absolute atomic E-state index is 0.136. The highest BCUT2D eigenvalue weighted by molar-refractivity contribution is 6.90. The number of nitrogens with zero attached hydrogens (tertiary/aromatic N) is 2. The topological polar surface area (TPSA) is 30.4 Å². The van der Waals surface area contributed by atoms with Crippen LogP contribution in [0.3, 0.4) is 0 Å². The van der Waals surface area contributed by atoms with Crippen LogP contribution in [0.4, 0.5) is 5.69 Å². The van der Waals surface area contributed by atoms with E-state index in [0.717, 1.165) is 27.1 Å². The van der Waals surface area contributed by atoms with Gasteiger partial charge in [0.15, 0.2) is 5.69 Å². The van der Waals surface area contributed by atoms with Crippen LogP contribution in [-0.2, 0) is 10.8 Å². The first kappa shape index (κ1) is 15.8. The molecule has 0 fully saturated rings. The smallest absolute Gasteiger partial charge is 0.190 e. The predicted molar refractivity (Wildman–Crippen MR) is 142 cm³/mol. The molecule has 3 nitrogen and oxygen atoms in total. The fourth-order valence-electron chi connectivity index (χ4n) is 5.28. The fourth-order valence-corrected chi connectivity index (χ4v) is 6.87. The van der Waals surface area contributed by atoms with Crippen molar-refractivity contribution >= 4 is 40.9 Å². The maximum Gasteiger partial charge on any atom is 0.190 e. The number of pyridine rings is 1. The van der Waals surface area contributed by atoms with Gasteiger partial charge in [0.25, 0.3) is 0 Å². The number of hydrogen-bond donors (Lipinski definition) is 0. The predicted octanol–water partition coefficient (Wildman–Crippen LogP) is 7.93. The highest BCUT2D eigenvalue weighted by Gasteiger charge is 2.47. The van der Waals surface area contributed by atoms with Crippen LogP contribution in [0.25, 0.3) is 38.0 Å². The summed E-state index contributed by atoms with van der Waals surface area (Å²) in [5.41, 5.74) is 2.76. The van der Waals surface area contributed by atoms with Crippen molar-refractivity contribution in [2.45, 2.75) is 71.9 Å². The van der Waals surface area contributed by atoms with E-state index in [1.54, 1.807) is 6.07 Å². The van der Waals surface area contributed by atoms with Crippen molar-refractivity contribution in [1.29, 1.82) is 0 Å². The Labute approximate surface area is 206 Å². The van der Waals surface area contributed by atoms with Gasteiger partial charge in [0.1, 0.15) is 11.2 Å². The molecule has 0 atom stereocenters. The van der Waals surface area contributed by atoms with Crippen molar-refractivity contribution < 1.29 is 12.6 Å². The molecular formula is C29H32N2OSi. The molecule has 1 aliphatic carbocycles. The molecule has 168 valence electrons. The zero-order chi connectivity index (χ0) is 29.1. The van der Waals surface area contributed by atoms with Gasteiger partial charge in [-0.1, -0.05) is 58.6 Å². The Morgan fingerprint density at radius 1 is 1.00 bits per heavy atom. The molecule has 4 aromatic rings. The lowest BCUT2D eigenvalue weighted by Gasteiger charge is -2.48. The summed E-state index contributed by atoms with van der Waals surface area (Å²) in [5.74, 6) is 0. The van der Waals surface area contributed by atoms with Gasteiger partial charge in [0.05, 0.1) is 20.3 Å². The molecule has 0 saturated carbocycles. The fraction of sp³-hybridized carbons (Fsp3) is 0.379. The van der Waals surface area contributed by atoms with E-state index in [9.17, 15) is 0 Å². The molecule has 5 rings (SSSR count). The molecule has 1 aliphatic rings. The van der Waals surface area contributed by atoms with E-state index in [-0.39, 0.29) is 11.1 Å². The minimum atomic E-state index is -2.65. The third-order valence-corrected chi connectivity index (χ3v) is 9.84. The van der Waals surface area contributed by atoms with E-state index in [1.165, 1.54) is 6.20 Å². The lowest BCUT2D eigenvalue weighted by molar-refractivity contribution is 0.297. The quantitative estimate of drug-likeness (QED) is 0.214. The molecule has 0 unspecified atom stereocenters. The van der Waals surface area contributed by atoms with Gasteiger partial charge < -0.3 is 4.42 Å². The first-order chi connectivity index (χ1) is 17.7. The largest absolute Gasteiger partial charge is 0.457 e. The number of aryl methyl sites for hydroxylation is 1. The van der Waals surface area contributed by atoms with Gasteiger partial charge in [-0.3, -0.25) is 4.98 Å². The normalized spacial score (nSPS) is 19.9.